The van der Waals surface area contributed by atoms with Gasteiger partial charge in [-0.2, -0.15) is 0 Å². The Bertz CT molecular complexity index is 320. The van der Waals surface area contributed by atoms with Crippen LogP contribution in [0.1, 0.15) is 5.69 Å². The lowest BCUT2D eigenvalue weighted by molar-refractivity contribution is -0.113. The van der Waals surface area contributed by atoms with Crippen LogP contribution in [0.5, 0.6) is 0 Å². The van der Waals surface area contributed by atoms with Gasteiger partial charge >= 0.3 is 0 Å². The third-order valence-corrected chi connectivity index (χ3v) is 1.28. The van der Waals surface area contributed by atoms with Crippen molar-refractivity contribution in [2.24, 2.45) is 5.73 Å². The number of hydrogen-bond donors (Lipinski definition) is 2. The van der Waals surface area contributed by atoms with Crippen molar-refractivity contribution in [3.05, 3.63) is 30.1 Å². The van der Waals surface area contributed by atoms with E-state index in [2.05, 4.69) is 4.98 Å². The summed E-state index contributed by atoms with van der Waals surface area (Å²) in [5, 5.41) is 0. The van der Waals surface area contributed by atoms with E-state index in [-0.39, 0.29) is 0 Å². The average Bonchev–Trinajstić information content (AvgIpc) is 2.03. The molecule has 0 unspecified atom stereocenters. The minimum absolute atomic E-state index is 0.514. The molecule has 0 aliphatic carbocycles. The van der Waals surface area contributed by atoms with Crippen molar-refractivity contribution >= 4 is 17.7 Å². The van der Waals surface area contributed by atoms with Crippen molar-refractivity contribution in [3.63, 3.8) is 0 Å². The highest BCUT2D eigenvalue weighted by Gasteiger charge is 1.93. The van der Waals surface area contributed by atoms with E-state index in [0.717, 1.165) is 0 Å². The SMILES string of the molecule is NC(=O)C=Cc1ncccc1N. The number of pyridine rings is 1. The van der Waals surface area contributed by atoms with E-state index in [1.54, 1.807) is 18.3 Å². The first-order valence-electron chi connectivity index (χ1n) is 3.38. The Hall–Kier alpha value is -1.84. The molecule has 0 aliphatic heterocycles. The Labute approximate surface area is 69.9 Å². The van der Waals surface area contributed by atoms with Crippen molar-refractivity contribution in [3.8, 4) is 0 Å². The number of amides is 1. The zero-order chi connectivity index (χ0) is 8.97. The second-order valence-corrected chi connectivity index (χ2v) is 2.21. The molecule has 0 aromatic carbocycles. The van der Waals surface area contributed by atoms with Crippen LogP contribution >= 0.6 is 0 Å². The Morgan fingerprint density at radius 1 is 1.58 bits per heavy atom. The van der Waals surface area contributed by atoms with Gasteiger partial charge in [-0.3, -0.25) is 9.78 Å². The van der Waals surface area contributed by atoms with E-state index in [1.807, 2.05) is 0 Å². The highest BCUT2D eigenvalue weighted by molar-refractivity contribution is 5.90. The van der Waals surface area contributed by atoms with Gasteiger partial charge in [0.2, 0.25) is 5.91 Å². The van der Waals surface area contributed by atoms with Gasteiger partial charge in [-0.15, -0.1) is 0 Å². The molecule has 1 aromatic heterocycles. The molecule has 0 bridgehead atoms. The van der Waals surface area contributed by atoms with Gasteiger partial charge in [0.15, 0.2) is 0 Å². The average molecular weight is 163 g/mol. The van der Waals surface area contributed by atoms with Crippen molar-refractivity contribution < 1.29 is 4.79 Å². The van der Waals surface area contributed by atoms with Gasteiger partial charge in [0.05, 0.1) is 11.4 Å². The minimum atomic E-state index is -0.514. The van der Waals surface area contributed by atoms with Crippen LogP contribution in [0.4, 0.5) is 5.69 Å². The van der Waals surface area contributed by atoms with E-state index >= 15 is 0 Å². The second kappa shape index (κ2) is 3.52. The fourth-order valence-electron chi connectivity index (χ4n) is 0.730. The van der Waals surface area contributed by atoms with Crippen LogP contribution in [0.15, 0.2) is 24.4 Å². The summed E-state index contributed by atoms with van der Waals surface area (Å²) in [7, 11) is 0. The normalized spacial score (nSPS) is 10.3. The molecule has 0 spiro atoms. The topological polar surface area (TPSA) is 82.0 Å². The molecule has 1 aromatic rings. The largest absolute Gasteiger partial charge is 0.397 e. The van der Waals surface area contributed by atoms with E-state index in [9.17, 15) is 4.79 Å². The summed E-state index contributed by atoms with van der Waals surface area (Å²) in [5.74, 6) is -0.514. The highest BCUT2D eigenvalue weighted by atomic mass is 16.1. The van der Waals surface area contributed by atoms with Crippen LogP contribution in [-0.4, -0.2) is 10.9 Å². The fourth-order valence-corrected chi connectivity index (χ4v) is 0.730. The number of aromatic nitrogens is 1. The third-order valence-electron chi connectivity index (χ3n) is 1.28. The number of carbonyl (C=O) groups excluding carboxylic acids is 1. The quantitative estimate of drug-likeness (QED) is 0.609. The molecular weight excluding hydrogens is 154 g/mol. The monoisotopic (exact) mass is 163 g/mol. The molecule has 1 amide bonds. The predicted octanol–water partition coefficient (Wildman–Crippen LogP) is 0.162. The number of nitrogen functional groups attached to an aromatic ring is 1. The van der Waals surface area contributed by atoms with Crippen LogP contribution < -0.4 is 11.5 Å². The summed E-state index contributed by atoms with van der Waals surface area (Å²) in [6, 6.07) is 3.42. The molecule has 0 aliphatic rings. The number of rotatable bonds is 2. The van der Waals surface area contributed by atoms with E-state index in [0.29, 0.717) is 11.4 Å². The standard InChI is InChI=1S/C8H9N3O/c9-6-2-1-5-11-7(6)3-4-8(10)12/h1-5H,9H2,(H2,10,12). The lowest BCUT2D eigenvalue weighted by Crippen LogP contribution is -2.05. The van der Waals surface area contributed by atoms with E-state index in [4.69, 9.17) is 11.5 Å². The Balaban J connectivity index is 2.89. The zero-order valence-electron chi connectivity index (χ0n) is 6.40. The third kappa shape index (κ3) is 2.09. The van der Waals surface area contributed by atoms with Crippen LogP contribution in [-0.2, 0) is 4.79 Å². The Morgan fingerprint density at radius 3 is 2.92 bits per heavy atom. The number of primary amides is 1. The maximum absolute atomic E-state index is 10.4. The van der Waals surface area contributed by atoms with Gasteiger partial charge in [0, 0.05) is 12.3 Å². The van der Waals surface area contributed by atoms with Gasteiger partial charge < -0.3 is 11.5 Å². The first kappa shape index (κ1) is 8.26. The molecular formula is C8H9N3O. The number of nitrogens with zero attached hydrogens (tertiary/aromatic N) is 1. The van der Waals surface area contributed by atoms with Crippen LogP contribution in [0.25, 0.3) is 6.08 Å². The van der Waals surface area contributed by atoms with Gasteiger partial charge in [-0.1, -0.05) is 0 Å². The molecule has 0 saturated heterocycles. The first-order chi connectivity index (χ1) is 5.70. The van der Waals surface area contributed by atoms with Crippen molar-refractivity contribution in [1.29, 1.82) is 0 Å². The van der Waals surface area contributed by atoms with Crippen LogP contribution in [0.2, 0.25) is 0 Å². The van der Waals surface area contributed by atoms with Crippen molar-refractivity contribution in [1.82, 2.24) is 4.98 Å². The van der Waals surface area contributed by atoms with Gasteiger partial charge in [0.1, 0.15) is 0 Å². The minimum Gasteiger partial charge on any atom is -0.397 e. The molecule has 4 nitrogen and oxygen atoms in total. The van der Waals surface area contributed by atoms with Gasteiger partial charge in [-0.25, -0.2) is 0 Å². The second-order valence-electron chi connectivity index (χ2n) is 2.21. The zero-order valence-corrected chi connectivity index (χ0v) is 6.40. The van der Waals surface area contributed by atoms with Crippen LogP contribution in [0, 0.1) is 0 Å². The summed E-state index contributed by atoms with van der Waals surface area (Å²) in [4.78, 5) is 14.3. The molecule has 4 heteroatoms. The fraction of sp³-hybridized carbons (Fsp3) is 0. The summed E-state index contributed by atoms with van der Waals surface area (Å²) in [6.07, 6.45) is 4.30. The molecule has 0 fully saturated rings. The number of nitrogens with two attached hydrogens (primary N) is 2. The lowest BCUT2D eigenvalue weighted by atomic mass is 10.3. The number of carbonyl (C=O) groups is 1. The molecule has 4 N–H and O–H groups in total. The smallest absolute Gasteiger partial charge is 0.241 e. The maximum Gasteiger partial charge on any atom is 0.241 e. The maximum atomic E-state index is 10.4. The molecule has 12 heavy (non-hydrogen) atoms. The van der Waals surface area contributed by atoms with E-state index in [1.165, 1.54) is 12.2 Å². The molecule has 1 heterocycles. The summed E-state index contributed by atoms with van der Waals surface area (Å²) >= 11 is 0. The molecule has 62 valence electrons. The molecule has 0 radical (unpaired) electrons. The lowest BCUT2D eigenvalue weighted by Gasteiger charge is -1.95. The van der Waals surface area contributed by atoms with Gasteiger partial charge in [-0.05, 0) is 18.2 Å². The summed E-state index contributed by atoms with van der Waals surface area (Å²) in [5.41, 5.74) is 11.5. The van der Waals surface area contributed by atoms with Crippen molar-refractivity contribution in [2.75, 3.05) is 5.73 Å². The van der Waals surface area contributed by atoms with Gasteiger partial charge in [0.25, 0.3) is 0 Å². The van der Waals surface area contributed by atoms with Crippen LogP contribution in [0.3, 0.4) is 0 Å². The molecule has 0 saturated carbocycles. The Morgan fingerprint density at radius 2 is 2.33 bits per heavy atom. The first-order valence-corrected chi connectivity index (χ1v) is 3.38. The molecule has 0 atom stereocenters. The summed E-state index contributed by atoms with van der Waals surface area (Å²) < 4.78 is 0. The Kier molecular flexibility index (Phi) is 2.42. The highest BCUT2D eigenvalue weighted by Crippen LogP contribution is 2.07. The number of anilines is 1. The van der Waals surface area contributed by atoms with Crippen molar-refractivity contribution in [2.45, 2.75) is 0 Å². The predicted molar refractivity (Wildman–Crippen MR) is 46.9 cm³/mol. The van der Waals surface area contributed by atoms with E-state index < -0.39 is 5.91 Å². The molecule has 1 rings (SSSR count). The number of hydrogen-bond acceptors (Lipinski definition) is 3. The summed E-state index contributed by atoms with van der Waals surface area (Å²) in [6.45, 7) is 0.